The Morgan fingerprint density at radius 3 is 2.41 bits per heavy atom. The van der Waals surface area contributed by atoms with Crippen molar-refractivity contribution >= 4 is 17.5 Å². The topological polar surface area (TPSA) is 58.6 Å². The Hall–Kier alpha value is -2.04. The third kappa shape index (κ3) is 4.76. The second-order valence-corrected chi connectivity index (χ2v) is 5.15. The molecule has 0 atom stereocenters. The van der Waals surface area contributed by atoms with E-state index in [9.17, 15) is 9.59 Å². The highest BCUT2D eigenvalue weighted by Gasteiger charge is 2.17. The molecule has 122 valence electrons. The summed E-state index contributed by atoms with van der Waals surface area (Å²) in [6.07, 6.45) is 1.65. The Labute approximate surface area is 132 Å². The second kappa shape index (κ2) is 9.07. The van der Waals surface area contributed by atoms with E-state index in [0.717, 1.165) is 12.8 Å². The van der Waals surface area contributed by atoms with Crippen LogP contribution in [0.1, 0.15) is 33.6 Å². The fourth-order valence-electron chi connectivity index (χ4n) is 2.39. The minimum atomic E-state index is -0.0821. The van der Waals surface area contributed by atoms with Crippen LogP contribution < -0.4 is 15.0 Å². The average Bonchev–Trinajstić information content (AvgIpc) is 2.52. The van der Waals surface area contributed by atoms with Crippen molar-refractivity contribution in [2.45, 2.75) is 33.6 Å². The van der Waals surface area contributed by atoms with Crippen LogP contribution in [-0.2, 0) is 9.59 Å². The van der Waals surface area contributed by atoms with Gasteiger partial charge in [-0.2, -0.15) is 0 Å². The van der Waals surface area contributed by atoms with Gasteiger partial charge in [0.15, 0.2) is 0 Å². The highest BCUT2D eigenvalue weighted by molar-refractivity contribution is 5.93. The van der Waals surface area contributed by atoms with E-state index in [4.69, 9.17) is 4.74 Å². The van der Waals surface area contributed by atoms with E-state index < -0.39 is 0 Å². The van der Waals surface area contributed by atoms with Crippen LogP contribution in [0.15, 0.2) is 24.3 Å². The summed E-state index contributed by atoms with van der Waals surface area (Å²) >= 11 is 0. The van der Waals surface area contributed by atoms with E-state index in [1.165, 1.54) is 6.92 Å². The van der Waals surface area contributed by atoms with Gasteiger partial charge < -0.3 is 15.0 Å². The number of para-hydroxylation sites is 2. The fourth-order valence-corrected chi connectivity index (χ4v) is 2.39. The van der Waals surface area contributed by atoms with Crippen LogP contribution in [0.3, 0.4) is 0 Å². The molecule has 0 unspecified atom stereocenters. The van der Waals surface area contributed by atoms with Gasteiger partial charge in [0.1, 0.15) is 5.75 Å². The number of carbonyl (C=O) groups excluding carboxylic acids is 2. The maximum atomic E-state index is 12.0. The Balaban J connectivity index is 2.70. The SMILES string of the molecule is CCC(CC)C(=O)NCCN(C(C)=O)c1ccccc1OC. The summed E-state index contributed by atoms with van der Waals surface area (Å²) < 4.78 is 5.30. The van der Waals surface area contributed by atoms with Crippen LogP contribution in [0.25, 0.3) is 0 Å². The van der Waals surface area contributed by atoms with Gasteiger partial charge in [0.25, 0.3) is 0 Å². The second-order valence-electron chi connectivity index (χ2n) is 5.15. The molecule has 22 heavy (non-hydrogen) atoms. The van der Waals surface area contributed by atoms with Crippen molar-refractivity contribution in [1.29, 1.82) is 0 Å². The van der Waals surface area contributed by atoms with Crippen LogP contribution in [0.2, 0.25) is 0 Å². The van der Waals surface area contributed by atoms with Crippen molar-refractivity contribution in [2.24, 2.45) is 5.92 Å². The third-order valence-electron chi connectivity index (χ3n) is 3.75. The van der Waals surface area contributed by atoms with Gasteiger partial charge in [-0.05, 0) is 25.0 Å². The average molecular weight is 306 g/mol. The lowest BCUT2D eigenvalue weighted by molar-refractivity contribution is -0.125. The monoisotopic (exact) mass is 306 g/mol. The number of hydrogen-bond acceptors (Lipinski definition) is 3. The van der Waals surface area contributed by atoms with Crippen molar-refractivity contribution < 1.29 is 14.3 Å². The molecule has 5 nitrogen and oxygen atoms in total. The van der Waals surface area contributed by atoms with Crippen molar-refractivity contribution in [2.75, 3.05) is 25.1 Å². The lowest BCUT2D eigenvalue weighted by Crippen LogP contribution is -2.39. The van der Waals surface area contributed by atoms with E-state index in [2.05, 4.69) is 5.32 Å². The van der Waals surface area contributed by atoms with Crippen LogP contribution in [0.4, 0.5) is 5.69 Å². The molecule has 0 aromatic heterocycles. The van der Waals surface area contributed by atoms with E-state index in [1.807, 2.05) is 38.1 Å². The van der Waals surface area contributed by atoms with Crippen molar-refractivity contribution in [3.8, 4) is 5.75 Å². The molecule has 2 amide bonds. The minimum Gasteiger partial charge on any atom is -0.495 e. The molecule has 0 aliphatic rings. The van der Waals surface area contributed by atoms with E-state index in [-0.39, 0.29) is 17.7 Å². The zero-order valence-electron chi connectivity index (χ0n) is 13.9. The van der Waals surface area contributed by atoms with Crippen molar-refractivity contribution in [3.05, 3.63) is 24.3 Å². The molecule has 0 saturated carbocycles. The molecule has 1 aromatic carbocycles. The molecule has 1 rings (SSSR count). The van der Waals surface area contributed by atoms with Crippen molar-refractivity contribution in [1.82, 2.24) is 5.32 Å². The number of nitrogens with one attached hydrogen (secondary N) is 1. The van der Waals surface area contributed by atoms with Gasteiger partial charge in [0.2, 0.25) is 11.8 Å². The zero-order chi connectivity index (χ0) is 16.5. The fraction of sp³-hybridized carbons (Fsp3) is 0.529. The molecule has 0 fully saturated rings. The van der Waals surface area contributed by atoms with Crippen molar-refractivity contribution in [3.63, 3.8) is 0 Å². The number of amides is 2. The van der Waals surface area contributed by atoms with Gasteiger partial charge in [-0.25, -0.2) is 0 Å². The maximum Gasteiger partial charge on any atom is 0.224 e. The lowest BCUT2D eigenvalue weighted by atomic mass is 10.0. The standard InChI is InChI=1S/C17H26N2O3/c1-5-14(6-2)17(21)18-11-12-19(13(3)20)15-9-7-8-10-16(15)22-4/h7-10,14H,5-6,11-12H2,1-4H3,(H,18,21). The molecule has 1 aromatic rings. The highest BCUT2D eigenvalue weighted by Crippen LogP contribution is 2.27. The van der Waals surface area contributed by atoms with Crippen LogP contribution in [0, 0.1) is 5.92 Å². The van der Waals surface area contributed by atoms with Gasteiger partial charge >= 0.3 is 0 Å². The summed E-state index contributed by atoms with van der Waals surface area (Å²) in [7, 11) is 1.58. The summed E-state index contributed by atoms with van der Waals surface area (Å²) in [5, 5.41) is 2.90. The summed E-state index contributed by atoms with van der Waals surface area (Å²) in [5.41, 5.74) is 0.717. The minimum absolute atomic E-state index is 0.0389. The van der Waals surface area contributed by atoms with Gasteiger partial charge in [-0.3, -0.25) is 9.59 Å². The van der Waals surface area contributed by atoms with E-state index in [1.54, 1.807) is 12.0 Å². The molecular weight excluding hydrogens is 280 g/mol. The maximum absolute atomic E-state index is 12.0. The predicted molar refractivity (Wildman–Crippen MR) is 88.1 cm³/mol. The molecule has 1 N–H and O–H groups in total. The summed E-state index contributed by atoms with van der Waals surface area (Å²) in [6.45, 7) is 6.36. The number of benzene rings is 1. The highest BCUT2D eigenvalue weighted by atomic mass is 16.5. The number of methoxy groups -OCH3 is 1. The quantitative estimate of drug-likeness (QED) is 0.803. The summed E-state index contributed by atoms with van der Waals surface area (Å²) in [5.74, 6) is 0.649. The molecule has 0 saturated heterocycles. The molecule has 0 aliphatic carbocycles. The van der Waals surface area contributed by atoms with Gasteiger partial charge in [0, 0.05) is 25.9 Å². The first-order valence-electron chi connectivity index (χ1n) is 7.73. The van der Waals surface area contributed by atoms with E-state index >= 15 is 0 Å². The van der Waals surface area contributed by atoms with E-state index in [0.29, 0.717) is 24.5 Å². The predicted octanol–water partition coefficient (Wildman–Crippen LogP) is 2.60. The Morgan fingerprint density at radius 1 is 1.23 bits per heavy atom. The van der Waals surface area contributed by atoms with Gasteiger partial charge in [-0.15, -0.1) is 0 Å². The first-order valence-corrected chi connectivity index (χ1v) is 7.73. The number of hydrogen-bond donors (Lipinski definition) is 1. The van der Waals surface area contributed by atoms with Gasteiger partial charge in [0.05, 0.1) is 12.8 Å². The zero-order valence-corrected chi connectivity index (χ0v) is 13.9. The Kier molecular flexibility index (Phi) is 7.43. The molecular formula is C17H26N2O3. The normalized spacial score (nSPS) is 10.4. The molecule has 5 heteroatoms. The first kappa shape index (κ1) is 18.0. The number of ether oxygens (including phenoxy) is 1. The molecule has 0 heterocycles. The number of rotatable bonds is 8. The van der Waals surface area contributed by atoms with Crippen LogP contribution in [0.5, 0.6) is 5.75 Å². The summed E-state index contributed by atoms with van der Waals surface area (Å²) in [4.78, 5) is 25.5. The lowest BCUT2D eigenvalue weighted by Gasteiger charge is -2.24. The Bertz CT molecular complexity index is 498. The van der Waals surface area contributed by atoms with Crippen LogP contribution >= 0.6 is 0 Å². The van der Waals surface area contributed by atoms with Gasteiger partial charge in [-0.1, -0.05) is 26.0 Å². The smallest absolute Gasteiger partial charge is 0.224 e. The molecule has 0 bridgehead atoms. The number of carbonyl (C=O) groups is 2. The van der Waals surface area contributed by atoms with Crippen LogP contribution in [-0.4, -0.2) is 32.0 Å². The molecule has 0 radical (unpaired) electrons. The summed E-state index contributed by atoms with van der Waals surface area (Å²) in [6, 6.07) is 7.36. The first-order chi connectivity index (χ1) is 10.5. The largest absolute Gasteiger partial charge is 0.495 e. The molecule has 0 spiro atoms. The Morgan fingerprint density at radius 2 is 1.86 bits per heavy atom. The number of anilines is 1. The third-order valence-corrected chi connectivity index (χ3v) is 3.75. The molecule has 0 aliphatic heterocycles. The number of nitrogens with zero attached hydrogens (tertiary/aromatic N) is 1.